The van der Waals surface area contributed by atoms with Gasteiger partial charge in [-0.2, -0.15) is 0 Å². The van der Waals surface area contributed by atoms with E-state index >= 15 is 0 Å². The Morgan fingerprint density at radius 1 is 1.40 bits per heavy atom. The van der Waals surface area contributed by atoms with Crippen LogP contribution in [0.1, 0.15) is 20.8 Å². The van der Waals surface area contributed by atoms with Gasteiger partial charge in [-0.1, -0.05) is 0 Å². The summed E-state index contributed by atoms with van der Waals surface area (Å²) in [5.41, 5.74) is -0.318. The quantitative estimate of drug-likeness (QED) is 0.651. The monoisotopic (exact) mass is 211 g/mol. The fraction of sp³-hybridized carbons (Fsp3) is 0.364. The first-order valence-corrected chi connectivity index (χ1v) is 4.55. The average molecular weight is 211 g/mol. The largest absolute Gasteiger partial charge is 0.508 e. The number of aliphatic hydroxyl groups is 1. The molecule has 4 nitrogen and oxygen atoms in total. The Kier molecular flexibility index (Phi) is 5.94. The zero-order chi connectivity index (χ0) is 11.7. The van der Waals surface area contributed by atoms with Gasteiger partial charge in [-0.05, 0) is 39.0 Å². The van der Waals surface area contributed by atoms with Gasteiger partial charge in [-0.15, -0.1) is 0 Å². The summed E-state index contributed by atoms with van der Waals surface area (Å²) in [7, 11) is 0. The van der Waals surface area contributed by atoms with Gasteiger partial charge < -0.3 is 15.2 Å². The number of hydrogen-bond donors (Lipinski definition) is 2. The molecule has 0 bridgehead atoms. The molecule has 4 heteroatoms. The molecule has 15 heavy (non-hydrogen) atoms. The van der Waals surface area contributed by atoms with E-state index in [-0.39, 0.29) is 11.4 Å². The standard InChI is InChI=1S/C6H7NO.C5H10O2/c8-6-2-1-4-7-5-3-6;1-5(2,3)7-4-6/h1-5,7-8H;4H,1-3H3. The fourth-order valence-electron chi connectivity index (χ4n) is 0.591. The third kappa shape index (κ3) is 10.2. The van der Waals surface area contributed by atoms with Crippen molar-refractivity contribution < 1.29 is 14.6 Å². The number of rotatable bonds is 1. The van der Waals surface area contributed by atoms with Crippen molar-refractivity contribution in [3.05, 3.63) is 36.4 Å². The topological polar surface area (TPSA) is 58.6 Å². The predicted octanol–water partition coefficient (Wildman–Crippen LogP) is 2.02. The Hall–Kier alpha value is -1.71. The van der Waals surface area contributed by atoms with Crippen molar-refractivity contribution in [3.8, 4) is 0 Å². The summed E-state index contributed by atoms with van der Waals surface area (Å²) >= 11 is 0. The maximum atomic E-state index is 9.60. The summed E-state index contributed by atoms with van der Waals surface area (Å²) in [5.74, 6) is 0.270. The second kappa shape index (κ2) is 6.70. The van der Waals surface area contributed by atoms with Gasteiger partial charge in [0.15, 0.2) is 0 Å². The summed E-state index contributed by atoms with van der Waals surface area (Å²) in [5, 5.41) is 11.6. The SMILES string of the molecule is CC(C)(C)OC=O.OC1=CC=CNC=C1. The van der Waals surface area contributed by atoms with Crippen LogP contribution in [0.3, 0.4) is 0 Å². The van der Waals surface area contributed by atoms with E-state index in [4.69, 9.17) is 5.11 Å². The molecule has 0 fully saturated rings. The lowest BCUT2D eigenvalue weighted by Crippen LogP contribution is -2.17. The Balaban J connectivity index is 0.000000265. The zero-order valence-corrected chi connectivity index (χ0v) is 9.23. The minimum Gasteiger partial charge on any atom is -0.508 e. The third-order valence-corrected chi connectivity index (χ3v) is 1.21. The molecule has 2 N–H and O–H groups in total. The highest BCUT2D eigenvalue weighted by Gasteiger charge is 2.07. The van der Waals surface area contributed by atoms with Gasteiger partial charge in [-0.3, -0.25) is 4.79 Å². The summed E-state index contributed by atoms with van der Waals surface area (Å²) in [4.78, 5) is 9.60. The summed E-state index contributed by atoms with van der Waals surface area (Å²) in [6.45, 7) is 5.92. The zero-order valence-electron chi connectivity index (χ0n) is 9.23. The van der Waals surface area contributed by atoms with E-state index in [1.165, 1.54) is 0 Å². The highest BCUT2D eigenvalue weighted by Crippen LogP contribution is 2.02. The van der Waals surface area contributed by atoms with Crippen LogP contribution in [0.5, 0.6) is 0 Å². The van der Waals surface area contributed by atoms with E-state index < -0.39 is 0 Å². The predicted molar refractivity (Wildman–Crippen MR) is 59.0 cm³/mol. The number of allylic oxidation sites excluding steroid dienone is 3. The molecule has 0 saturated carbocycles. The molecule has 0 atom stereocenters. The maximum Gasteiger partial charge on any atom is 0.293 e. The van der Waals surface area contributed by atoms with Crippen molar-refractivity contribution >= 4 is 6.47 Å². The minimum atomic E-state index is -0.318. The number of hydrogen-bond acceptors (Lipinski definition) is 4. The maximum absolute atomic E-state index is 9.60. The van der Waals surface area contributed by atoms with Crippen LogP contribution in [-0.2, 0) is 9.53 Å². The molecule has 0 saturated heterocycles. The highest BCUT2D eigenvalue weighted by molar-refractivity contribution is 5.37. The van der Waals surface area contributed by atoms with E-state index in [0.29, 0.717) is 6.47 Å². The van der Waals surface area contributed by atoms with Crippen molar-refractivity contribution in [2.45, 2.75) is 26.4 Å². The van der Waals surface area contributed by atoms with Gasteiger partial charge in [0.05, 0.1) is 0 Å². The third-order valence-electron chi connectivity index (χ3n) is 1.21. The van der Waals surface area contributed by atoms with E-state index in [2.05, 4.69) is 10.1 Å². The van der Waals surface area contributed by atoms with Crippen LogP contribution in [0.4, 0.5) is 0 Å². The highest BCUT2D eigenvalue weighted by atomic mass is 16.5. The Morgan fingerprint density at radius 2 is 2.07 bits per heavy atom. The summed E-state index contributed by atoms with van der Waals surface area (Å²) in [6, 6.07) is 0. The van der Waals surface area contributed by atoms with Crippen LogP contribution < -0.4 is 5.32 Å². The number of ether oxygens (including phenoxy) is 1. The molecule has 84 valence electrons. The molecule has 0 aromatic heterocycles. The molecule has 0 aliphatic carbocycles. The molecule has 1 aliphatic heterocycles. The number of carbonyl (C=O) groups excluding carboxylic acids is 1. The van der Waals surface area contributed by atoms with Crippen LogP contribution in [0.15, 0.2) is 36.4 Å². The molecule has 0 radical (unpaired) electrons. The Labute approximate surface area is 89.9 Å². The van der Waals surface area contributed by atoms with E-state index in [1.807, 2.05) is 20.8 Å². The van der Waals surface area contributed by atoms with Gasteiger partial charge in [0.25, 0.3) is 6.47 Å². The molecule has 1 aliphatic rings. The van der Waals surface area contributed by atoms with Gasteiger partial charge in [0.1, 0.15) is 11.4 Å². The van der Waals surface area contributed by atoms with Gasteiger partial charge in [0, 0.05) is 12.4 Å². The molecule has 1 rings (SSSR count). The number of carbonyl (C=O) groups is 1. The van der Waals surface area contributed by atoms with E-state index in [0.717, 1.165) is 0 Å². The summed E-state index contributed by atoms with van der Waals surface area (Å²) < 4.78 is 4.55. The van der Waals surface area contributed by atoms with E-state index in [9.17, 15) is 4.79 Å². The summed E-state index contributed by atoms with van der Waals surface area (Å²) in [6.07, 6.45) is 8.32. The smallest absolute Gasteiger partial charge is 0.293 e. The Bertz CT molecular complexity index is 272. The van der Waals surface area contributed by atoms with Crippen LogP contribution in [0.25, 0.3) is 0 Å². The lowest BCUT2D eigenvalue weighted by molar-refractivity contribution is -0.138. The second-order valence-corrected chi connectivity index (χ2v) is 3.78. The van der Waals surface area contributed by atoms with Gasteiger partial charge >= 0.3 is 0 Å². The van der Waals surface area contributed by atoms with Crippen LogP contribution >= 0.6 is 0 Å². The van der Waals surface area contributed by atoms with Crippen molar-refractivity contribution in [1.29, 1.82) is 0 Å². The molecule has 0 aromatic rings. The van der Waals surface area contributed by atoms with E-state index in [1.54, 1.807) is 30.6 Å². The number of nitrogens with one attached hydrogen (secondary N) is 1. The number of aliphatic hydroxyl groups excluding tert-OH is 1. The molecular formula is C11H17NO3. The van der Waals surface area contributed by atoms with Crippen LogP contribution in [0, 0.1) is 0 Å². The molecule has 0 spiro atoms. The Morgan fingerprint density at radius 3 is 2.53 bits per heavy atom. The lowest BCUT2D eigenvalue weighted by Gasteiger charge is -2.14. The van der Waals surface area contributed by atoms with Crippen molar-refractivity contribution in [3.63, 3.8) is 0 Å². The van der Waals surface area contributed by atoms with Gasteiger partial charge in [0.2, 0.25) is 0 Å². The van der Waals surface area contributed by atoms with Gasteiger partial charge in [-0.25, -0.2) is 0 Å². The van der Waals surface area contributed by atoms with Crippen molar-refractivity contribution in [2.75, 3.05) is 0 Å². The molecule has 1 heterocycles. The molecule has 0 aromatic carbocycles. The van der Waals surface area contributed by atoms with Crippen molar-refractivity contribution in [1.82, 2.24) is 5.32 Å². The lowest BCUT2D eigenvalue weighted by atomic mass is 10.2. The normalized spacial score (nSPS) is 13.9. The van der Waals surface area contributed by atoms with Crippen molar-refractivity contribution in [2.24, 2.45) is 0 Å². The molecular weight excluding hydrogens is 194 g/mol. The first kappa shape index (κ1) is 13.3. The minimum absolute atomic E-state index is 0.270. The fourth-order valence-corrected chi connectivity index (χ4v) is 0.591. The van der Waals surface area contributed by atoms with Crippen LogP contribution in [-0.4, -0.2) is 17.2 Å². The average Bonchev–Trinajstić information content (AvgIpc) is 2.31. The second-order valence-electron chi connectivity index (χ2n) is 3.78. The first-order valence-electron chi connectivity index (χ1n) is 4.55. The molecule has 0 unspecified atom stereocenters. The molecule has 0 amide bonds. The van der Waals surface area contributed by atoms with Crippen LogP contribution in [0.2, 0.25) is 0 Å². The first-order chi connectivity index (χ1) is 6.95.